The van der Waals surface area contributed by atoms with Crippen LogP contribution in [0.4, 0.5) is 4.39 Å². The van der Waals surface area contributed by atoms with Crippen molar-refractivity contribution < 1.29 is 9.13 Å². The van der Waals surface area contributed by atoms with E-state index in [-0.39, 0.29) is 0 Å². The lowest BCUT2D eigenvalue weighted by molar-refractivity contribution is 0.309. The quantitative estimate of drug-likeness (QED) is 0.400. The number of ether oxygens (including phenoxy) is 1. The van der Waals surface area contributed by atoms with Gasteiger partial charge < -0.3 is 4.74 Å². The van der Waals surface area contributed by atoms with Gasteiger partial charge in [0.25, 0.3) is 0 Å². The third-order valence-corrected chi connectivity index (χ3v) is 6.01. The predicted octanol–water partition coefficient (Wildman–Crippen LogP) is 8.07. The average molecular weight is 381 g/mol. The SMILES string of the molecule is CCCCOc1ccc(-c2ccc(C3CCC(CC/C=C/F)CC3)cc2)cc1. The first-order valence-electron chi connectivity index (χ1n) is 10.9. The highest BCUT2D eigenvalue weighted by molar-refractivity contribution is 5.64. The van der Waals surface area contributed by atoms with E-state index < -0.39 is 0 Å². The van der Waals surface area contributed by atoms with Crippen molar-refractivity contribution in [1.82, 2.24) is 0 Å². The maximum Gasteiger partial charge on any atom is 0.119 e. The fourth-order valence-corrected chi connectivity index (χ4v) is 4.21. The summed E-state index contributed by atoms with van der Waals surface area (Å²) in [7, 11) is 0. The lowest BCUT2D eigenvalue weighted by Gasteiger charge is -2.28. The summed E-state index contributed by atoms with van der Waals surface area (Å²) in [6.45, 7) is 2.97. The molecule has 1 nitrogen and oxygen atoms in total. The minimum atomic E-state index is 0.677. The van der Waals surface area contributed by atoms with E-state index in [1.807, 2.05) is 0 Å². The molecule has 1 fully saturated rings. The van der Waals surface area contributed by atoms with Gasteiger partial charge in [-0.1, -0.05) is 55.8 Å². The van der Waals surface area contributed by atoms with E-state index in [9.17, 15) is 4.39 Å². The smallest absolute Gasteiger partial charge is 0.119 e. The van der Waals surface area contributed by atoms with Crippen molar-refractivity contribution >= 4 is 0 Å². The van der Waals surface area contributed by atoms with E-state index in [1.165, 1.54) is 42.4 Å². The normalized spacial score (nSPS) is 19.8. The maximum absolute atomic E-state index is 12.1. The van der Waals surface area contributed by atoms with Crippen LogP contribution in [0.3, 0.4) is 0 Å². The molecule has 2 heteroatoms. The van der Waals surface area contributed by atoms with Gasteiger partial charge in [0.2, 0.25) is 0 Å². The highest BCUT2D eigenvalue weighted by atomic mass is 19.1. The second kappa shape index (κ2) is 11.0. The number of unbranched alkanes of at least 4 members (excludes halogenated alkanes) is 1. The van der Waals surface area contributed by atoms with Gasteiger partial charge in [0.1, 0.15) is 5.75 Å². The Hall–Kier alpha value is -2.09. The van der Waals surface area contributed by atoms with E-state index in [0.717, 1.165) is 44.0 Å². The van der Waals surface area contributed by atoms with Crippen LogP contribution in [0.5, 0.6) is 5.75 Å². The highest BCUT2D eigenvalue weighted by Gasteiger charge is 2.21. The van der Waals surface area contributed by atoms with Crippen molar-refractivity contribution in [2.24, 2.45) is 5.92 Å². The van der Waals surface area contributed by atoms with Crippen molar-refractivity contribution in [1.29, 1.82) is 0 Å². The van der Waals surface area contributed by atoms with Crippen LogP contribution in [0.25, 0.3) is 11.1 Å². The molecule has 3 rings (SSSR count). The van der Waals surface area contributed by atoms with E-state index >= 15 is 0 Å². The number of rotatable bonds is 9. The van der Waals surface area contributed by atoms with Gasteiger partial charge in [-0.15, -0.1) is 0 Å². The fraction of sp³-hybridized carbons (Fsp3) is 0.462. The van der Waals surface area contributed by atoms with E-state index in [2.05, 4.69) is 55.5 Å². The molecule has 1 aliphatic rings. The lowest BCUT2D eigenvalue weighted by Crippen LogP contribution is -2.13. The van der Waals surface area contributed by atoms with E-state index in [0.29, 0.717) is 12.2 Å². The molecule has 28 heavy (non-hydrogen) atoms. The number of allylic oxidation sites excluding steroid dienone is 1. The Bertz CT molecular complexity index is 709. The molecule has 0 unspecified atom stereocenters. The van der Waals surface area contributed by atoms with Crippen LogP contribution in [0.1, 0.15) is 69.8 Å². The van der Waals surface area contributed by atoms with Gasteiger partial charge in [-0.2, -0.15) is 0 Å². The van der Waals surface area contributed by atoms with Gasteiger partial charge in [-0.25, -0.2) is 4.39 Å². The van der Waals surface area contributed by atoms with Crippen molar-refractivity contribution in [3.05, 3.63) is 66.5 Å². The first-order chi connectivity index (χ1) is 13.8. The molecule has 0 N–H and O–H groups in total. The van der Waals surface area contributed by atoms with Crippen LogP contribution in [-0.4, -0.2) is 6.61 Å². The second-order valence-electron chi connectivity index (χ2n) is 8.01. The Balaban J connectivity index is 1.52. The molecule has 0 spiro atoms. The zero-order chi connectivity index (χ0) is 19.6. The number of benzene rings is 2. The van der Waals surface area contributed by atoms with Gasteiger partial charge in [0, 0.05) is 0 Å². The Labute approximate surface area is 169 Å². The van der Waals surface area contributed by atoms with Crippen LogP contribution in [0.15, 0.2) is 60.9 Å². The Kier molecular flexibility index (Phi) is 8.14. The van der Waals surface area contributed by atoms with Crippen molar-refractivity contribution in [2.75, 3.05) is 6.61 Å². The second-order valence-corrected chi connectivity index (χ2v) is 8.01. The molecule has 0 amide bonds. The summed E-state index contributed by atoms with van der Waals surface area (Å²) in [4.78, 5) is 0. The zero-order valence-electron chi connectivity index (χ0n) is 17.1. The molecule has 1 aliphatic carbocycles. The van der Waals surface area contributed by atoms with Gasteiger partial charge in [-0.05, 0) is 85.6 Å². The van der Waals surface area contributed by atoms with E-state index in [4.69, 9.17) is 4.74 Å². The molecule has 0 aliphatic heterocycles. The molecule has 2 aromatic carbocycles. The summed E-state index contributed by atoms with van der Waals surface area (Å²) in [5, 5.41) is 0. The summed E-state index contributed by atoms with van der Waals surface area (Å²) in [6.07, 6.45) is 11.6. The van der Waals surface area contributed by atoms with Gasteiger partial charge >= 0.3 is 0 Å². The molecule has 0 radical (unpaired) electrons. The van der Waals surface area contributed by atoms with Gasteiger partial charge in [0.15, 0.2) is 0 Å². The monoisotopic (exact) mass is 380 g/mol. The van der Waals surface area contributed by atoms with Crippen LogP contribution in [0.2, 0.25) is 0 Å². The van der Waals surface area contributed by atoms with Gasteiger partial charge in [-0.3, -0.25) is 0 Å². The molecule has 0 aromatic heterocycles. The molecular formula is C26H33FO. The number of hydrogen-bond donors (Lipinski definition) is 0. The Morgan fingerprint density at radius 3 is 2.18 bits per heavy atom. The van der Waals surface area contributed by atoms with E-state index in [1.54, 1.807) is 6.08 Å². The van der Waals surface area contributed by atoms with Crippen LogP contribution >= 0.6 is 0 Å². The minimum absolute atomic E-state index is 0.677. The summed E-state index contributed by atoms with van der Waals surface area (Å²) >= 11 is 0. The van der Waals surface area contributed by atoms with Crippen LogP contribution in [-0.2, 0) is 0 Å². The standard InChI is InChI=1S/C26H33FO/c1-2-3-20-28-26-17-15-25(16-18-26)24-13-11-23(12-14-24)22-9-7-21(8-10-22)6-4-5-19-27/h5,11-19,21-22H,2-4,6-10,20H2,1H3/b19-5+. The van der Waals surface area contributed by atoms with Crippen molar-refractivity contribution in [2.45, 2.75) is 64.2 Å². The van der Waals surface area contributed by atoms with Crippen molar-refractivity contribution in [3.8, 4) is 16.9 Å². The van der Waals surface area contributed by atoms with Crippen LogP contribution < -0.4 is 4.74 Å². The maximum atomic E-state index is 12.1. The molecule has 0 atom stereocenters. The zero-order valence-corrected chi connectivity index (χ0v) is 17.1. The largest absolute Gasteiger partial charge is 0.494 e. The molecule has 0 saturated heterocycles. The first-order valence-corrected chi connectivity index (χ1v) is 10.9. The Morgan fingerprint density at radius 1 is 0.929 bits per heavy atom. The van der Waals surface area contributed by atoms with Gasteiger partial charge in [0.05, 0.1) is 12.9 Å². The summed E-state index contributed by atoms with van der Waals surface area (Å²) in [5.74, 6) is 2.40. The minimum Gasteiger partial charge on any atom is -0.494 e. The molecule has 150 valence electrons. The molecule has 1 saturated carbocycles. The highest BCUT2D eigenvalue weighted by Crippen LogP contribution is 2.38. The third kappa shape index (κ3) is 5.95. The third-order valence-electron chi connectivity index (χ3n) is 6.01. The summed E-state index contributed by atoms with van der Waals surface area (Å²) in [6, 6.07) is 17.5. The topological polar surface area (TPSA) is 9.23 Å². The summed E-state index contributed by atoms with van der Waals surface area (Å²) < 4.78 is 17.8. The lowest BCUT2D eigenvalue weighted by atomic mass is 9.77. The predicted molar refractivity (Wildman–Crippen MR) is 116 cm³/mol. The Morgan fingerprint density at radius 2 is 1.57 bits per heavy atom. The fourth-order valence-electron chi connectivity index (χ4n) is 4.21. The first kappa shape index (κ1) is 20.6. The molecule has 0 bridgehead atoms. The molecule has 0 heterocycles. The summed E-state index contributed by atoms with van der Waals surface area (Å²) in [5.41, 5.74) is 3.96. The van der Waals surface area contributed by atoms with Crippen LogP contribution in [0, 0.1) is 5.92 Å². The average Bonchev–Trinajstić information content (AvgIpc) is 2.75. The molecule has 2 aromatic rings. The molecular weight excluding hydrogens is 347 g/mol. The number of halogens is 1. The van der Waals surface area contributed by atoms with Crippen molar-refractivity contribution in [3.63, 3.8) is 0 Å². The number of hydrogen-bond acceptors (Lipinski definition) is 1.